The van der Waals surface area contributed by atoms with E-state index in [0.29, 0.717) is 5.92 Å². The zero-order valence-electron chi connectivity index (χ0n) is 7.95. The van der Waals surface area contributed by atoms with Crippen LogP contribution in [0.1, 0.15) is 19.3 Å². The number of ether oxygens (including phenoxy) is 1. The molecule has 13 heavy (non-hydrogen) atoms. The first-order valence-electron chi connectivity index (χ1n) is 4.69. The number of carbonyl (C=O) groups is 1. The Morgan fingerprint density at radius 2 is 2.46 bits per heavy atom. The highest BCUT2D eigenvalue weighted by Crippen LogP contribution is 2.19. The Kier molecular flexibility index (Phi) is 4.18. The summed E-state index contributed by atoms with van der Waals surface area (Å²) in [7, 11) is 1.69. The van der Waals surface area contributed by atoms with Gasteiger partial charge in [0.05, 0.1) is 0 Å². The van der Waals surface area contributed by atoms with Crippen LogP contribution in [0, 0.1) is 5.92 Å². The Morgan fingerprint density at radius 1 is 1.69 bits per heavy atom. The van der Waals surface area contributed by atoms with E-state index < -0.39 is 5.97 Å². The average molecular weight is 187 g/mol. The summed E-state index contributed by atoms with van der Waals surface area (Å²) in [6.45, 7) is 1.61. The minimum atomic E-state index is -0.728. The first kappa shape index (κ1) is 10.5. The minimum absolute atomic E-state index is 0.326. The number of carboxylic acids is 1. The highest BCUT2D eigenvalue weighted by Gasteiger charge is 2.28. The Labute approximate surface area is 78.3 Å². The molecule has 0 aromatic carbocycles. The fourth-order valence-corrected chi connectivity index (χ4v) is 1.73. The topological polar surface area (TPSA) is 58.6 Å². The highest BCUT2D eigenvalue weighted by atomic mass is 16.5. The molecule has 4 heteroatoms. The van der Waals surface area contributed by atoms with Crippen LogP contribution in [0.15, 0.2) is 0 Å². The summed E-state index contributed by atoms with van der Waals surface area (Å²) in [5, 5.41) is 11.7. The van der Waals surface area contributed by atoms with Gasteiger partial charge in [-0.15, -0.1) is 0 Å². The Balaban J connectivity index is 2.14. The quantitative estimate of drug-likeness (QED) is 0.614. The highest BCUT2D eigenvalue weighted by molar-refractivity contribution is 5.73. The summed E-state index contributed by atoms with van der Waals surface area (Å²) in [5.41, 5.74) is 0. The van der Waals surface area contributed by atoms with Crippen LogP contribution in [-0.2, 0) is 9.53 Å². The monoisotopic (exact) mass is 187 g/mol. The van der Waals surface area contributed by atoms with E-state index in [9.17, 15) is 4.79 Å². The fraction of sp³-hybridized carbons (Fsp3) is 0.889. The van der Waals surface area contributed by atoms with Gasteiger partial charge in [-0.3, -0.25) is 4.79 Å². The number of nitrogens with one attached hydrogen (secondary N) is 1. The van der Waals surface area contributed by atoms with Gasteiger partial charge in [-0.2, -0.15) is 0 Å². The third-order valence-corrected chi connectivity index (χ3v) is 2.48. The standard InChI is InChI=1S/C9H17NO3/c1-13-4-2-3-7-5-8(9(11)12)10-6-7/h7-8,10H,2-6H2,1H3,(H,11,12). The smallest absolute Gasteiger partial charge is 0.320 e. The molecule has 4 nitrogen and oxygen atoms in total. The van der Waals surface area contributed by atoms with Crippen molar-refractivity contribution >= 4 is 5.97 Å². The lowest BCUT2D eigenvalue weighted by atomic mass is 10.0. The van der Waals surface area contributed by atoms with Crippen LogP contribution >= 0.6 is 0 Å². The van der Waals surface area contributed by atoms with Crippen LogP contribution in [0.3, 0.4) is 0 Å². The molecule has 2 N–H and O–H groups in total. The lowest BCUT2D eigenvalue weighted by molar-refractivity contribution is -0.139. The number of rotatable bonds is 5. The van der Waals surface area contributed by atoms with Gasteiger partial charge in [-0.05, 0) is 31.7 Å². The Hall–Kier alpha value is -0.610. The molecule has 1 saturated heterocycles. The molecule has 0 radical (unpaired) electrons. The molecule has 1 heterocycles. The Bertz CT molecular complexity index is 172. The zero-order chi connectivity index (χ0) is 9.68. The van der Waals surface area contributed by atoms with Gasteiger partial charge < -0.3 is 15.2 Å². The van der Waals surface area contributed by atoms with Crippen molar-refractivity contribution in [1.29, 1.82) is 0 Å². The van der Waals surface area contributed by atoms with Crippen molar-refractivity contribution in [2.45, 2.75) is 25.3 Å². The minimum Gasteiger partial charge on any atom is -0.480 e. The molecule has 0 aromatic rings. The van der Waals surface area contributed by atoms with Crippen molar-refractivity contribution in [3.05, 3.63) is 0 Å². The van der Waals surface area contributed by atoms with E-state index in [4.69, 9.17) is 9.84 Å². The van der Waals surface area contributed by atoms with Gasteiger partial charge >= 0.3 is 5.97 Å². The molecule has 2 unspecified atom stereocenters. The summed E-state index contributed by atoms with van der Waals surface area (Å²) in [6, 6.07) is -0.326. The molecular weight excluding hydrogens is 170 g/mol. The first-order chi connectivity index (χ1) is 6.24. The average Bonchev–Trinajstić information content (AvgIpc) is 2.53. The number of carboxylic acid groups (broad SMARTS) is 1. The number of hydrogen-bond donors (Lipinski definition) is 2. The van der Waals surface area contributed by atoms with E-state index >= 15 is 0 Å². The van der Waals surface area contributed by atoms with Crippen LogP contribution in [0.4, 0.5) is 0 Å². The van der Waals surface area contributed by atoms with Crippen LogP contribution in [0.2, 0.25) is 0 Å². The second-order valence-corrected chi connectivity index (χ2v) is 3.54. The largest absolute Gasteiger partial charge is 0.480 e. The molecule has 0 spiro atoms. The molecule has 0 aromatic heterocycles. The van der Waals surface area contributed by atoms with Gasteiger partial charge in [-0.1, -0.05) is 0 Å². The van der Waals surface area contributed by atoms with Gasteiger partial charge in [0.2, 0.25) is 0 Å². The van der Waals surface area contributed by atoms with E-state index in [1.165, 1.54) is 0 Å². The van der Waals surface area contributed by atoms with Crippen molar-refractivity contribution in [3.8, 4) is 0 Å². The molecule has 1 rings (SSSR count). The predicted molar refractivity (Wildman–Crippen MR) is 48.6 cm³/mol. The molecule has 1 fully saturated rings. The normalized spacial score (nSPS) is 27.8. The number of methoxy groups -OCH3 is 1. The second kappa shape index (κ2) is 5.19. The van der Waals surface area contributed by atoms with Crippen LogP contribution in [-0.4, -0.2) is 37.4 Å². The van der Waals surface area contributed by atoms with E-state index in [0.717, 1.165) is 32.4 Å². The third kappa shape index (κ3) is 3.32. The third-order valence-electron chi connectivity index (χ3n) is 2.48. The van der Waals surface area contributed by atoms with Gasteiger partial charge in [0.15, 0.2) is 0 Å². The molecular formula is C9H17NO3. The maximum absolute atomic E-state index is 10.6. The van der Waals surface area contributed by atoms with Crippen LogP contribution < -0.4 is 5.32 Å². The summed E-state index contributed by atoms with van der Waals surface area (Å²) < 4.78 is 4.94. The number of hydrogen-bond acceptors (Lipinski definition) is 3. The Morgan fingerprint density at radius 3 is 3.00 bits per heavy atom. The lowest BCUT2D eigenvalue weighted by Crippen LogP contribution is -2.29. The summed E-state index contributed by atoms with van der Waals surface area (Å²) in [4.78, 5) is 10.6. The van der Waals surface area contributed by atoms with E-state index in [1.807, 2.05) is 0 Å². The molecule has 1 aliphatic heterocycles. The van der Waals surface area contributed by atoms with Crippen molar-refractivity contribution in [2.24, 2.45) is 5.92 Å². The summed E-state index contributed by atoms with van der Waals surface area (Å²) in [6.07, 6.45) is 2.85. The summed E-state index contributed by atoms with van der Waals surface area (Å²) in [5.74, 6) is -0.217. The molecule has 0 aliphatic carbocycles. The van der Waals surface area contributed by atoms with Gasteiger partial charge in [0, 0.05) is 13.7 Å². The SMILES string of the molecule is COCCCC1CNC(C(=O)O)C1. The molecule has 76 valence electrons. The van der Waals surface area contributed by atoms with Gasteiger partial charge in [0.1, 0.15) is 6.04 Å². The van der Waals surface area contributed by atoms with Crippen molar-refractivity contribution in [2.75, 3.05) is 20.3 Å². The van der Waals surface area contributed by atoms with E-state index in [-0.39, 0.29) is 6.04 Å². The van der Waals surface area contributed by atoms with Crippen molar-refractivity contribution in [3.63, 3.8) is 0 Å². The van der Waals surface area contributed by atoms with E-state index in [1.54, 1.807) is 7.11 Å². The van der Waals surface area contributed by atoms with Gasteiger partial charge in [-0.25, -0.2) is 0 Å². The van der Waals surface area contributed by atoms with Crippen LogP contribution in [0.25, 0.3) is 0 Å². The van der Waals surface area contributed by atoms with Crippen molar-refractivity contribution in [1.82, 2.24) is 5.32 Å². The predicted octanol–water partition coefficient (Wildman–Crippen LogP) is 0.476. The van der Waals surface area contributed by atoms with E-state index in [2.05, 4.69) is 5.32 Å². The van der Waals surface area contributed by atoms with Crippen molar-refractivity contribution < 1.29 is 14.6 Å². The maximum atomic E-state index is 10.6. The first-order valence-corrected chi connectivity index (χ1v) is 4.69. The molecule has 1 aliphatic rings. The fourth-order valence-electron chi connectivity index (χ4n) is 1.73. The number of aliphatic carboxylic acids is 1. The molecule has 0 saturated carbocycles. The second-order valence-electron chi connectivity index (χ2n) is 3.54. The lowest BCUT2D eigenvalue weighted by Gasteiger charge is -2.06. The zero-order valence-corrected chi connectivity index (χ0v) is 7.95. The summed E-state index contributed by atoms with van der Waals surface area (Å²) >= 11 is 0. The van der Waals surface area contributed by atoms with Crippen LogP contribution in [0.5, 0.6) is 0 Å². The molecule has 0 bridgehead atoms. The maximum Gasteiger partial charge on any atom is 0.320 e. The van der Waals surface area contributed by atoms with Gasteiger partial charge in [0.25, 0.3) is 0 Å². The molecule has 2 atom stereocenters. The molecule has 0 amide bonds.